The summed E-state index contributed by atoms with van der Waals surface area (Å²) in [7, 11) is 0. The number of carbonyl (C=O) groups is 2. The van der Waals surface area contributed by atoms with Gasteiger partial charge in [-0.05, 0) is 25.5 Å². The fourth-order valence-electron chi connectivity index (χ4n) is 2.43. The molecule has 22 heavy (non-hydrogen) atoms. The minimum atomic E-state index is -0.793. The summed E-state index contributed by atoms with van der Waals surface area (Å²) in [6, 6.07) is 7.45. The SMILES string of the molecule is CCCCCCCN(CCC(=O)O)c1cccc(C(C)=O)c1. The number of hydrogen-bond acceptors (Lipinski definition) is 3. The number of ketones is 1. The van der Waals surface area contributed by atoms with Crippen LogP contribution < -0.4 is 4.90 Å². The molecule has 4 nitrogen and oxygen atoms in total. The quantitative estimate of drug-likeness (QED) is 0.493. The lowest BCUT2D eigenvalue weighted by molar-refractivity contribution is -0.136. The van der Waals surface area contributed by atoms with E-state index < -0.39 is 5.97 Å². The van der Waals surface area contributed by atoms with Gasteiger partial charge in [0.2, 0.25) is 0 Å². The van der Waals surface area contributed by atoms with Crippen LogP contribution in [0.5, 0.6) is 0 Å². The average molecular weight is 305 g/mol. The molecule has 0 aliphatic heterocycles. The zero-order valence-electron chi connectivity index (χ0n) is 13.7. The molecule has 0 aromatic heterocycles. The lowest BCUT2D eigenvalue weighted by atomic mass is 10.1. The van der Waals surface area contributed by atoms with E-state index >= 15 is 0 Å². The topological polar surface area (TPSA) is 57.6 Å². The van der Waals surface area contributed by atoms with Gasteiger partial charge in [-0.15, -0.1) is 0 Å². The number of Topliss-reactive ketones (excluding diaryl/α,β-unsaturated/α-hetero) is 1. The highest BCUT2D eigenvalue weighted by molar-refractivity contribution is 5.95. The summed E-state index contributed by atoms with van der Waals surface area (Å²) >= 11 is 0. The van der Waals surface area contributed by atoms with E-state index in [1.54, 1.807) is 13.0 Å². The Morgan fingerprint density at radius 3 is 2.45 bits per heavy atom. The summed E-state index contributed by atoms with van der Waals surface area (Å²) < 4.78 is 0. The van der Waals surface area contributed by atoms with Crippen LogP contribution in [0.3, 0.4) is 0 Å². The van der Waals surface area contributed by atoms with Gasteiger partial charge in [-0.25, -0.2) is 0 Å². The molecule has 0 saturated carbocycles. The Kier molecular flexibility index (Phi) is 8.26. The highest BCUT2D eigenvalue weighted by Gasteiger charge is 2.10. The highest BCUT2D eigenvalue weighted by Crippen LogP contribution is 2.18. The molecule has 0 aliphatic rings. The molecule has 0 spiro atoms. The zero-order valence-corrected chi connectivity index (χ0v) is 13.7. The molecule has 0 saturated heterocycles. The Labute approximate surface area is 133 Å². The van der Waals surface area contributed by atoms with Crippen molar-refractivity contribution in [1.82, 2.24) is 0 Å². The fraction of sp³-hybridized carbons (Fsp3) is 0.556. The molecule has 0 fully saturated rings. The first-order chi connectivity index (χ1) is 10.5. The summed E-state index contributed by atoms with van der Waals surface area (Å²) in [4.78, 5) is 24.4. The van der Waals surface area contributed by atoms with Gasteiger partial charge in [0, 0.05) is 24.3 Å². The number of benzene rings is 1. The first-order valence-corrected chi connectivity index (χ1v) is 8.12. The summed E-state index contributed by atoms with van der Waals surface area (Å²) in [5, 5.41) is 8.91. The first kappa shape index (κ1) is 18.2. The minimum Gasteiger partial charge on any atom is -0.481 e. The van der Waals surface area contributed by atoms with Crippen LogP contribution in [0.2, 0.25) is 0 Å². The van der Waals surface area contributed by atoms with Gasteiger partial charge in [0.1, 0.15) is 0 Å². The van der Waals surface area contributed by atoms with Crippen molar-refractivity contribution in [3.05, 3.63) is 29.8 Å². The molecule has 1 rings (SSSR count). The average Bonchev–Trinajstić information content (AvgIpc) is 2.50. The van der Waals surface area contributed by atoms with Gasteiger partial charge >= 0.3 is 5.97 Å². The molecule has 0 atom stereocenters. The van der Waals surface area contributed by atoms with E-state index in [1.165, 1.54) is 19.3 Å². The normalized spacial score (nSPS) is 10.5. The van der Waals surface area contributed by atoms with Crippen LogP contribution in [0.15, 0.2) is 24.3 Å². The van der Waals surface area contributed by atoms with Gasteiger partial charge in [0.25, 0.3) is 0 Å². The van der Waals surface area contributed by atoms with Crippen molar-refractivity contribution in [3.63, 3.8) is 0 Å². The summed E-state index contributed by atoms with van der Waals surface area (Å²) in [6.45, 7) is 5.04. The van der Waals surface area contributed by atoms with Crippen molar-refractivity contribution in [3.8, 4) is 0 Å². The maximum atomic E-state index is 11.5. The number of anilines is 1. The van der Waals surface area contributed by atoms with Gasteiger partial charge in [0.05, 0.1) is 6.42 Å². The van der Waals surface area contributed by atoms with Crippen molar-refractivity contribution in [2.45, 2.75) is 52.4 Å². The molecular weight excluding hydrogens is 278 g/mol. The molecule has 0 radical (unpaired) electrons. The van der Waals surface area contributed by atoms with Crippen LogP contribution in [0.4, 0.5) is 5.69 Å². The zero-order chi connectivity index (χ0) is 16.4. The van der Waals surface area contributed by atoms with Crippen LogP contribution >= 0.6 is 0 Å². The van der Waals surface area contributed by atoms with Crippen LogP contribution in [-0.2, 0) is 4.79 Å². The van der Waals surface area contributed by atoms with E-state index in [4.69, 9.17) is 5.11 Å². The molecular formula is C18H27NO3. The van der Waals surface area contributed by atoms with E-state index in [0.717, 1.165) is 25.1 Å². The third-order valence-electron chi connectivity index (χ3n) is 3.74. The van der Waals surface area contributed by atoms with Gasteiger partial charge in [-0.3, -0.25) is 9.59 Å². The van der Waals surface area contributed by atoms with Crippen molar-refractivity contribution >= 4 is 17.4 Å². The first-order valence-electron chi connectivity index (χ1n) is 8.12. The number of hydrogen-bond donors (Lipinski definition) is 1. The number of unbranched alkanes of at least 4 members (excludes halogenated alkanes) is 4. The maximum absolute atomic E-state index is 11.5. The fourth-order valence-corrected chi connectivity index (χ4v) is 2.43. The van der Waals surface area contributed by atoms with Crippen molar-refractivity contribution < 1.29 is 14.7 Å². The van der Waals surface area contributed by atoms with Crippen LogP contribution in [0, 0.1) is 0 Å². The van der Waals surface area contributed by atoms with E-state index in [1.807, 2.05) is 18.2 Å². The second kappa shape index (κ2) is 9.98. The Morgan fingerprint density at radius 1 is 1.09 bits per heavy atom. The number of carbonyl (C=O) groups excluding carboxylic acids is 1. The third kappa shape index (κ3) is 6.74. The van der Waals surface area contributed by atoms with Gasteiger partial charge in [0.15, 0.2) is 5.78 Å². The number of nitrogens with zero attached hydrogens (tertiary/aromatic N) is 1. The van der Waals surface area contributed by atoms with Crippen LogP contribution in [0.1, 0.15) is 62.7 Å². The van der Waals surface area contributed by atoms with E-state index in [2.05, 4.69) is 11.8 Å². The maximum Gasteiger partial charge on any atom is 0.305 e. The standard InChI is InChI=1S/C18H27NO3/c1-3-4-5-6-7-12-19(13-11-18(21)22)17-10-8-9-16(14-17)15(2)20/h8-10,14H,3-7,11-13H2,1-2H3,(H,21,22). The molecule has 0 unspecified atom stereocenters. The van der Waals surface area contributed by atoms with Gasteiger partial charge in [-0.2, -0.15) is 0 Å². The third-order valence-corrected chi connectivity index (χ3v) is 3.74. The van der Waals surface area contributed by atoms with E-state index in [9.17, 15) is 9.59 Å². The van der Waals surface area contributed by atoms with Crippen LogP contribution in [0.25, 0.3) is 0 Å². The summed E-state index contributed by atoms with van der Waals surface area (Å²) in [5.74, 6) is -0.762. The molecule has 1 aromatic carbocycles. The number of rotatable bonds is 11. The van der Waals surface area contributed by atoms with E-state index in [0.29, 0.717) is 12.1 Å². The summed E-state index contributed by atoms with van der Waals surface area (Å²) in [6.07, 6.45) is 5.99. The lowest BCUT2D eigenvalue weighted by Crippen LogP contribution is -2.27. The largest absolute Gasteiger partial charge is 0.481 e. The van der Waals surface area contributed by atoms with Gasteiger partial charge < -0.3 is 10.0 Å². The highest BCUT2D eigenvalue weighted by atomic mass is 16.4. The molecule has 0 bridgehead atoms. The van der Waals surface area contributed by atoms with Gasteiger partial charge in [-0.1, -0.05) is 44.7 Å². The monoisotopic (exact) mass is 305 g/mol. The van der Waals surface area contributed by atoms with Crippen molar-refractivity contribution in [2.75, 3.05) is 18.0 Å². The molecule has 0 amide bonds. The smallest absolute Gasteiger partial charge is 0.305 e. The Bertz CT molecular complexity index is 485. The molecule has 4 heteroatoms. The van der Waals surface area contributed by atoms with E-state index in [-0.39, 0.29) is 12.2 Å². The Morgan fingerprint density at radius 2 is 1.82 bits per heavy atom. The molecule has 0 heterocycles. The summed E-state index contributed by atoms with van der Waals surface area (Å²) in [5.41, 5.74) is 1.60. The molecule has 1 N–H and O–H groups in total. The molecule has 0 aliphatic carbocycles. The lowest BCUT2D eigenvalue weighted by Gasteiger charge is -2.24. The molecule has 122 valence electrons. The predicted molar refractivity (Wildman–Crippen MR) is 89.7 cm³/mol. The number of carboxylic acid groups (broad SMARTS) is 1. The van der Waals surface area contributed by atoms with Crippen molar-refractivity contribution in [1.29, 1.82) is 0 Å². The predicted octanol–water partition coefficient (Wildman–Crippen LogP) is 4.14. The molecule has 1 aromatic rings. The number of aliphatic carboxylic acids is 1. The van der Waals surface area contributed by atoms with Crippen molar-refractivity contribution in [2.24, 2.45) is 0 Å². The number of carboxylic acids is 1. The Hall–Kier alpha value is -1.84. The van der Waals surface area contributed by atoms with Crippen LogP contribution in [-0.4, -0.2) is 29.9 Å². The minimum absolute atomic E-state index is 0.0305. The second-order valence-electron chi connectivity index (χ2n) is 5.65. The second-order valence-corrected chi connectivity index (χ2v) is 5.65. The Balaban J connectivity index is 2.69.